The maximum atomic E-state index is 13.4. The Bertz CT molecular complexity index is 1540. The zero-order valence-corrected chi connectivity index (χ0v) is 25.4. The Kier molecular flexibility index (Phi) is 8.92. The second-order valence-electron chi connectivity index (χ2n) is 11.5. The van der Waals surface area contributed by atoms with E-state index >= 15 is 0 Å². The van der Waals surface area contributed by atoms with Crippen LogP contribution in [0.15, 0.2) is 73.3 Å². The standard InChI is InChI=1S/C33H39N7O4/c1-23(2)28-17-31(37-33(36-28)39-13-12-34-22-39)40-15-14-38(19-24-8-10-26(42-3)11-9-24)20-25(40)16-32(41)35-18-27-21-43-29-6-4-5-7-30(29)44-27/h4-13,17,22-23,25,27H,14-16,18-21H2,1-3H3,(H,35,41). The number of amides is 1. The number of imidazole rings is 1. The molecule has 11 heteroatoms. The van der Waals surface area contributed by atoms with E-state index in [1.807, 2.05) is 47.2 Å². The summed E-state index contributed by atoms with van der Waals surface area (Å²) in [6.45, 7) is 8.04. The van der Waals surface area contributed by atoms with Crippen LogP contribution in [0, 0.1) is 0 Å². The van der Waals surface area contributed by atoms with Crippen molar-refractivity contribution in [2.75, 3.05) is 44.8 Å². The first-order valence-corrected chi connectivity index (χ1v) is 15.1. The van der Waals surface area contributed by atoms with Gasteiger partial charge in [-0.05, 0) is 35.7 Å². The van der Waals surface area contributed by atoms with Crippen LogP contribution in [0.1, 0.15) is 37.4 Å². The van der Waals surface area contributed by atoms with Gasteiger partial charge in [-0.1, -0.05) is 38.1 Å². The lowest BCUT2D eigenvalue weighted by molar-refractivity contribution is -0.122. The van der Waals surface area contributed by atoms with Gasteiger partial charge >= 0.3 is 0 Å². The molecule has 44 heavy (non-hydrogen) atoms. The number of rotatable bonds is 10. The predicted octanol–water partition coefficient (Wildman–Crippen LogP) is 3.83. The van der Waals surface area contributed by atoms with E-state index in [1.165, 1.54) is 5.56 Å². The molecule has 2 aliphatic heterocycles. The van der Waals surface area contributed by atoms with Crippen LogP contribution in [0.4, 0.5) is 5.82 Å². The van der Waals surface area contributed by atoms with Crippen LogP contribution in [-0.4, -0.2) is 82.4 Å². The third kappa shape index (κ3) is 6.94. The molecule has 0 spiro atoms. The molecule has 1 N–H and O–H groups in total. The number of benzene rings is 2. The Balaban J connectivity index is 1.19. The first kappa shape index (κ1) is 29.4. The molecule has 4 heterocycles. The minimum absolute atomic E-state index is 0.0401. The van der Waals surface area contributed by atoms with Gasteiger partial charge < -0.3 is 24.4 Å². The van der Waals surface area contributed by atoms with Crippen molar-refractivity contribution in [1.82, 2.24) is 29.7 Å². The Morgan fingerprint density at radius 3 is 2.66 bits per heavy atom. The number of fused-ring (bicyclic) bond motifs is 1. The quantitative estimate of drug-likeness (QED) is 0.292. The van der Waals surface area contributed by atoms with Gasteiger partial charge in [0.05, 0.1) is 25.4 Å². The van der Waals surface area contributed by atoms with Crippen LogP contribution in [0.3, 0.4) is 0 Å². The minimum atomic E-state index is -0.254. The van der Waals surface area contributed by atoms with Gasteiger partial charge in [0.2, 0.25) is 11.9 Å². The molecule has 0 aliphatic carbocycles. The van der Waals surface area contributed by atoms with Crippen LogP contribution in [0.2, 0.25) is 0 Å². The fourth-order valence-electron chi connectivity index (χ4n) is 5.58. The van der Waals surface area contributed by atoms with Crippen molar-refractivity contribution in [3.05, 3.63) is 84.6 Å². The molecule has 230 valence electrons. The Labute approximate surface area is 257 Å². The van der Waals surface area contributed by atoms with Gasteiger partial charge in [0.25, 0.3) is 0 Å². The predicted molar refractivity (Wildman–Crippen MR) is 167 cm³/mol. The summed E-state index contributed by atoms with van der Waals surface area (Å²) in [4.78, 5) is 32.0. The van der Waals surface area contributed by atoms with E-state index in [-0.39, 0.29) is 24.0 Å². The zero-order chi connectivity index (χ0) is 30.5. The highest BCUT2D eigenvalue weighted by atomic mass is 16.6. The van der Waals surface area contributed by atoms with Gasteiger partial charge in [0.15, 0.2) is 11.5 Å². The number of nitrogens with zero attached hydrogens (tertiary/aromatic N) is 6. The van der Waals surface area contributed by atoms with Crippen LogP contribution in [-0.2, 0) is 11.3 Å². The number of methoxy groups -OCH3 is 1. The number of anilines is 1. The molecule has 1 fully saturated rings. The molecule has 0 bridgehead atoms. The molecule has 2 unspecified atom stereocenters. The highest BCUT2D eigenvalue weighted by Gasteiger charge is 2.31. The molecule has 2 aromatic carbocycles. The van der Waals surface area contributed by atoms with Crippen molar-refractivity contribution in [2.24, 2.45) is 0 Å². The molecule has 2 atom stereocenters. The fraction of sp³-hybridized carbons (Fsp3) is 0.394. The third-order valence-electron chi connectivity index (χ3n) is 7.99. The summed E-state index contributed by atoms with van der Waals surface area (Å²) in [7, 11) is 1.67. The molecule has 6 rings (SSSR count). The maximum Gasteiger partial charge on any atom is 0.237 e. The summed E-state index contributed by atoms with van der Waals surface area (Å²) in [5.41, 5.74) is 2.14. The molecule has 0 radical (unpaired) electrons. The van der Waals surface area contributed by atoms with E-state index < -0.39 is 0 Å². The lowest BCUT2D eigenvalue weighted by Gasteiger charge is -2.42. The minimum Gasteiger partial charge on any atom is -0.497 e. The average molecular weight is 598 g/mol. The molecule has 2 aliphatic rings. The Hall–Kier alpha value is -4.64. The van der Waals surface area contributed by atoms with Gasteiger partial charge in [0.1, 0.15) is 30.6 Å². The number of carbonyl (C=O) groups is 1. The monoisotopic (exact) mass is 597 g/mol. The number of hydrogen-bond acceptors (Lipinski definition) is 9. The number of hydrogen-bond donors (Lipinski definition) is 1. The highest BCUT2D eigenvalue weighted by molar-refractivity contribution is 5.77. The highest BCUT2D eigenvalue weighted by Crippen LogP contribution is 2.31. The molecule has 2 aromatic heterocycles. The molecular weight excluding hydrogens is 558 g/mol. The van der Waals surface area contributed by atoms with Crippen LogP contribution in [0.5, 0.6) is 17.2 Å². The van der Waals surface area contributed by atoms with Gasteiger partial charge in [-0.2, -0.15) is 4.98 Å². The van der Waals surface area contributed by atoms with Crippen molar-refractivity contribution in [3.63, 3.8) is 0 Å². The molecule has 1 saturated heterocycles. The maximum absolute atomic E-state index is 13.4. The lowest BCUT2D eigenvalue weighted by atomic mass is 10.1. The number of carbonyl (C=O) groups excluding carboxylic acids is 1. The van der Waals surface area contributed by atoms with E-state index in [0.717, 1.165) is 42.6 Å². The summed E-state index contributed by atoms with van der Waals surface area (Å²) in [5, 5.41) is 3.09. The largest absolute Gasteiger partial charge is 0.497 e. The SMILES string of the molecule is COc1ccc(CN2CCN(c3cc(C(C)C)nc(-n4ccnc4)n3)C(CC(=O)NCC3COc4ccccc4O3)C2)cc1. The van der Waals surface area contributed by atoms with E-state index in [2.05, 4.69) is 52.1 Å². The Morgan fingerprint density at radius 2 is 1.91 bits per heavy atom. The smallest absolute Gasteiger partial charge is 0.237 e. The van der Waals surface area contributed by atoms with Gasteiger partial charge in [-0.15, -0.1) is 0 Å². The van der Waals surface area contributed by atoms with Crippen LogP contribution < -0.4 is 24.4 Å². The second-order valence-corrected chi connectivity index (χ2v) is 11.5. The second kappa shape index (κ2) is 13.3. The van der Waals surface area contributed by atoms with Crippen LogP contribution in [0.25, 0.3) is 5.95 Å². The van der Waals surface area contributed by atoms with Crippen molar-refractivity contribution in [2.45, 2.75) is 44.9 Å². The first-order chi connectivity index (χ1) is 21.4. The van der Waals surface area contributed by atoms with Gasteiger partial charge in [0, 0.05) is 51.1 Å². The van der Waals surface area contributed by atoms with Crippen molar-refractivity contribution >= 4 is 11.7 Å². The molecule has 0 saturated carbocycles. The summed E-state index contributed by atoms with van der Waals surface area (Å²) >= 11 is 0. The van der Waals surface area contributed by atoms with E-state index in [0.29, 0.717) is 37.8 Å². The fourth-order valence-corrected chi connectivity index (χ4v) is 5.58. The molecular formula is C33H39N7O4. The topological polar surface area (TPSA) is 107 Å². The third-order valence-corrected chi connectivity index (χ3v) is 7.99. The number of ether oxygens (including phenoxy) is 3. The number of aromatic nitrogens is 4. The number of nitrogens with one attached hydrogen (secondary N) is 1. The molecule has 11 nitrogen and oxygen atoms in total. The van der Waals surface area contributed by atoms with Gasteiger partial charge in [-0.3, -0.25) is 14.3 Å². The van der Waals surface area contributed by atoms with Gasteiger partial charge in [-0.25, -0.2) is 9.97 Å². The summed E-state index contributed by atoms with van der Waals surface area (Å²) in [6.07, 6.45) is 5.32. The number of para-hydroxylation sites is 2. The molecule has 1 amide bonds. The van der Waals surface area contributed by atoms with Crippen LogP contribution >= 0.6 is 0 Å². The van der Waals surface area contributed by atoms with Crippen molar-refractivity contribution < 1.29 is 19.0 Å². The summed E-state index contributed by atoms with van der Waals surface area (Å²) in [5.74, 6) is 3.82. The normalized spacial score (nSPS) is 18.3. The lowest BCUT2D eigenvalue weighted by Crippen LogP contribution is -2.55. The Morgan fingerprint density at radius 1 is 1.09 bits per heavy atom. The van der Waals surface area contributed by atoms with Crippen molar-refractivity contribution in [3.8, 4) is 23.2 Å². The van der Waals surface area contributed by atoms with E-state index in [9.17, 15) is 4.79 Å². The van der Waals surface area contributed by atoms with Crippen molar-refractivity contribution in [1.29, 1.82) is 0 Å². The van der Waals surface area contributed by atoms with E-state index in [4.69, 9.17) is 24.2 Å². The summed E-state index contributed by atoms with van der Waals surface area (Å²) < 4.78 is 19.0. The average Bonchev–Trinajstić information content (AvgIpc) is 3.59. The number of piperazine rings is 1. The summed E-state index contributed by atoms with van der Waals surface area (Å²) in [6, 6.07) is 17.7. The first-order valence-electron chi connectivity index (χ1n) is 15.1. The zero-order valence-electron chi connectivity index (χ0n) is 25.4. The molecule has 4 aromatic rings. The van der Waals surface area contributed by atoms with E-state index in [1.54, 1.807) is 19.6 Å².